The van der Waals surface area contributed by atoms with Crippen LogP contribution in [0.4, 0.5) is 0 Å². The van der Waals surface area contributed by atoms with Gasteiger partial charge in [0.25, 0.3) is 0 Å². The molecule has 0 radical (unpaired) electrons. The number of carbonyl (C=O) groups is 3. The van der Waals surface area contributed by atoms with Crippen molar-refractivity contribution >= 4 is 17.9 Å². The highest BCUT2D eigenvalue weighted by Crippen LogP contribution is 2.13. The zero-order valence-electron chi connectivity index (χ0n) is 17.9. The van der Waals surface area contributed by atoms with E-state index >= 15 is 0 Å². The highest BCUT2D eigenvalue weighted by Gasteiger charge is 2.33. The van der Waals surface area contributed by atoms with Crippen molar-refractivity contribution in [2.45, 2.75) is 84.0 Å². The molecule has 0 aromatic heterocycles. The van der Waals surface area contributed by atoms with Gasteiger partial charge in [0.05, 0.1) is 12.5 Å². The molecule has 0 saturated heterocycles. The molecule has 29 heavy (non-hydrogen) atoms. The molecule has 0 aliphatic heterocycles. The Bertz CT molecular complexity index is 463. The molecule has 7 heteroatoms. The molecule has 7 nitrogen and oxygen atoms in total. The van der Waals surface area contributed by atoms with Crippen LogP contribution in [-0.2, 0) is 14.4 Å². The summed E-state index contributed by atoms with van der Waals surface area (Å²) in [5.41, 5.74) is 0. The van der Waals surface area contributed by atoms with Gasteiger partial charge < -0.3 is 24.6 Å². The van der Waals surface area contributed by atoms with E-state index in [9.17, 15) is 19.5 Å². The number of hydrogen-bond donors (Lipinski definition) is 2. The molecular weight excluding hydrogens is 374 g/mol. The maximum Gasteiger partial charge on any atom is 0.359 e. The van der Waals surface area contributed by atoms with Gasteiger partial charge in [-0.3, -0.25) is 0 Å². The molecule has 0 aromatic carbocycles. The van der Waals surface area contributed by atoms with Crippen LogP contribution in [0.5, 0.6) is 0 Å². The first-order valence-electron chi connectivity index (χ1n) is 10.9. The second-order valence-electron chi connectivity index (χ2n) is 7.93. The first-order chi connectivity index (χ1) is 13.8. The number of carboxylic acid groups (broad SMARTS) is 3. The van der Waals surface area contributed by atoms with E-state index in [4.69, 9.17) is 10.2 Å². The maximum atomic E-state index is 11.1. The van der Waals surface area contributed by atoms with Gasteiger partial charge in [0.2, 0.25) is 0 Å². The lowest BCUT2D eigenvalue weighted by atomic mass is 10.1. The van der Waals surface area contributed by atoms with Crippen LogP contribution in [0.15, 0.2) is 12.2 Å². The van der Waals surface area contributed by atoms with E-state index in [-0.39, 0.29) is 6.54 Å². The Hall–Kier alpha value is -1.89. The molecular formula is C22H39NO6. The van der Waals surface area contributed by atoms with Gasteiger partial charge in [-0.2, -0.15) is 0 Å². The number of carbonyl (C=O) groups excluding carboxylic acids is 1. The third-order valence-electron chi connectivity index (χ3n) is 5.05. The molecule has 2 N–H and O–H groups in total. The Morgan fingerprint density at radius 1 is 0.724 bits per heavy atom. The highest BCUT2D eigenvalue weighted by molar-refractivity contribution is 5.72. The van der Waals surface area contributed by atoms with Crippen LogP contribution in [0, 0.1) is 0 Å². The Morgan fingerprint density at radius 2 is 1.17 bits per heavy atom. The van der Waals surface area contributed by atoms with Gasteiger partial charge in [0.15, 0.2) is 13.1 Å². The topological polar surface area (TPSA) is 115 Å². The molecule has 0 bridgehead atoms. The second-order valence-corrected chi connectivity index (χ2v) is 7.93. The van der Waals surface area contributed by atoms with Gasteiger partial charge in [0, 0.05) is 0 Å². The zero-order chi connectivity index (χ0) is 22.0. The number of unbranched alkanes of at least 4 members (excludes halogenated alkanes) is 10. The smallest absolute Gasteiger partial charge is 0.359 e. The lowest BCUT2D eigenvalue weighted by molar-refractivity contribution is -0.909. The van der Waals surface area contributed by atoms with E-state index < -0.39 is 42.0 Å². The van der Waals surface area contributed by atoms with Gasteiger partial charge in [-0.1, -0.05) is 57.6 Å². The van der Waals surface area contributed by atoms with Crippen LogP contribution in [-0.4, -0.2) is 58.8 Å². The minimum atomic E-state index is -1.43. The molecule has 0 aromatic rings. The first-order valence-corrected chi connectivity index (χ1v) is 10.9. The summed E-state index contributed by atoms with van der Waals surface area (Å²) in [6, 6.07) is 0. The molecule has 0 fully saturated rings. The third kappa shape index (κ3) is 16.7. The number of carboxylic acids is 3. The summed E-state index contributed by atoms with van der Waals surface area (Å²) in [5.74, 6) is -3.83. The molecule has 0 aliphatic rings. The number of rotatable bonds is 20. The van der Waals surface area contributed by atoms with Crippen molar-refractivity contribution in [3.05, 3.63) is 12.2 Å². The van der Waals surface area contributed by atoms with Crippen LogP contribution >= 0.6 is 0 Å². The maximum absolute atomic E-state index is 11.1. The van der Waals surface area contributed by atoms with Crippen molar-refractivity contribution in [2.24, 2.45) is 0 Å². The summed E-state index contributed by atoms with van der Waals surface area (Å²) in [6.07, 6.45) is 17.7. The Balaban J connectivity index is 4.02. The number of allylic oxidation sites excluding steroid dienone is 2. The van der Waals surface area contributed by atoms with Gasteiger partial charge >= 0.3 is 11.9 Å². The second kappa shape index (κ2) is 17.0. The molecule has 0 heterocycles. The molecule has 0 aliphatic carbocycles. The lowest BCUT2D eigenvalue weighted by Gasteiger charge is -2.36. The minimum Gasteiger partial charge on any atom is -0.544 e. The van der Waals surface area contributed by atoms with E-state index in [1.807, 2.05) is 0 Å². The largest absolute Gasteiger partial charge is 0.544 e. The molecule has 168 valence electrons. The van der Waals surface area contributed by atoms with Crippen molar-refractivity contribution in [1.29, 1.82) is 0 Å². The summed E-state index contributed by atoms with van der Waals surface area (Å²) in [6.45, 7) is 0.790. The van der Waals surface area contributed by atoms with Crippen LogP contribution in [0.25, 0.3) is 0 Å². The normalized spacial score (nSPS) is 11.8. The highest BCUT2D eigenvalue weighted by atomic mass is 16.4. The van der Waals surface area contributed by atoms with Crippen LogP contribution in [0.2, 0.25) is 0 Å². The van der Waals surface area contributed by atoms with Crippen LogP contribution in [0.1, 0.15) is 84.0 Å². The van der Waals surface area contributed by atoms with E-state index in [2.05, 4.69) is 19.1 Å². The fraction of sp³-hybridized carbons (Fsp3) is 0.773. The summed E-state index contributed by atoms with van der Waals surface area (Å²) in [5, 5.41) is 29.1. The first kappa shape index (κ1) is 27.1. The predicted octanol–water partition coefficient (Wildman–Crippen LogP) is 2.98. The van der Waals surface area contributed by atoms with Gasteiger partial charge in [-0.15, -0.1) is 0 Å². The number of quaternary nitrogens is 1. The van der Waals surface area contributed by atoms with Crippen molar-refractivity contribution in [2.75, 3.05) is 26.2 Å². The van der Waals surface area contributed by atoms with E-state index in [1.54, 1.807) is 0 Å². The fourth-order valence-corrected chi connectivity index (χ4v) is 3.59. The Morgan fingerprint density at radius 3 is 1.62 bits per heavy atom. The average molecular weight is 414 g/mol. The summed E-state index contributed by atoms with van der Waals surface area (Å²) >= 11 is 0. The Labute approximate surface area is 175 Å². The van der Waals surface area contributed by atoms with Crippen LogP contribution < -0.4 is 5.11 Å². The lowest BCUT2D eigenvalue weighted by Crippen LogP contribution is -2.59. The Kier molecular flexibility index (Phi) is 15.9. The number of nitrogens with zero attached hydrogens (tertiary/aromatic N) is 1. The quantitative estimate of drug-likeness (QED) is 0.180. The monoisotopic (exact) mass is 413 g/mol. The minimum absolute atomic E-state index is 0.216. The number of hydrogen-bond acceptors (Lipinski definition) is 4. The van der Waals surface area contributed by atoms with Gasteiger partial charge in [-0.05, 0) is 38.5 Å². The van der Waals surface area contributed by atoms with E-state index in [0.717, 1.165) is 38.5 Å². The van der Waals surface area contributed by atoms with Crippen molar-refractivity contribution in [3.63, 3.8) is 0 Å². The van der Waals surface area contributed by atoms with Crippen molar-refractivity contribution < 1.29 is 34.2 Å². The molecule has 0 unspecified atom stereocenters. The van der Waals surface area contributed by atoms with E-state index in [1.165, 1.54) is 32.1 Å². The molecule has 0 atom stereocenters. The number of aliphatic carboxylic acids is 3. The molecule has 0 saturated carbocycles. The van der Waals surface area contributed by atoms with Gasteiger partial charge in [-0.25, -0.2) is 9.59 Å². The van der Waals surface area contributed by atoms with Crippen molar-refractivity contribution in [3.8, 4) is 0 Å². The summed E-state index contributed by atoms with van der Waals surface area (Å²) in [7, 11) is 0. The third-order valence-corrected chi connectivity index (χ3v) is 5.05. The summed E-state index contributed by atoms with van der Waals surface area (Å²) in [4.78, 5) is 33.2. The zero-order valence-corrected chi connectivity index (χ0v) is 17.9. The van der Waals surface area contributed by atoms with Crippen LogP contribution in [0.3, 0.4) is 0 Å². The average Bonchev–Trinajstić information content (AvgIpc) is 2.60. The van der Waals surface area contributed by atoms with Gasteiger partial charge in [0.1, 0.15) is 6.54 Å². The van der Waals surface area contributed by atoms with E-state index in [0.29, 0.717) is 6.42 Å². The SMILES string of the molecule is CCCCCC/C=C/CCCCCCCC[N+](CC(=O)[O-])(CC(=O)O)CC(=O)O. The molecule has 0 amide bonds. The standard InChI is InChI=1S/C22H39NO6/c1-2-3-4-5-6-7-8-9-10-11-12-13-14-15-16-23(17-20(24)25,18-21(26)27)19-22(28)29/h7-8H,2-6,9-19H2,1H3,(H2-,24,25,26,27,28,29)/b8-7+. The fourth-order valence-electron chi connectivity index (χ4n) is 3.59. The van der Waals surface area contributed by atoms with Crippen molar-refractivity contribution in [1.82, 2.24) is 0 Å². The molecule has 0 spiro atoms. The molecule has 0 rings (SSSR count). The summed E-state index contributed by atoms with van der Waals surface area (Å²) < 4.78 is -0.504. The predicted molar refractivity (Wildman–Crippen MR) is 110 cm³/mol.